The van der Waals surface area contributed by atoms with Crippen molar-refractivity contribution < 1.29 is 14.2 Å². The van der Waals surface area contributed by atoms with Crippen LogP contribution in [0.1, 0.15) is 18.4 Å². The van der Waals surface area contributed by atoms with Crippen molar-refractivity contribution in [1.29, 1.82) is 0 Å². The first-order valence-electron chi connectivity index (χ1n) is 5.41. The fourth-order valence-corrected chi connectivity index (χ4v) is 2.21. The monoisotopic (exact) mass is 244 g/mol. The molecule has 0 saturated carbocycles. The Balaban J connectivity index is 2.07. The van der Waals surface area contributed by atoms with Gasteiger partial charge in [-0.05, 0) is 25.0 Å². The molecule has 4 heteroatoms. The molecule has 1 aliphatic rings. The Kier molecular flexibility index (Phi) is 3.79. The molecule has 1 saturated heterocycles. The van der Waals surface area contributed by atoms with Gasteiger partial charge in [0.25, 0.3) is 0 Å². The van der Waals surface area contributed by atoms with E-state index in [9.17, 15) is 9.50 Å². The molecule has 2 atom stereocenters. The molecule has 0 aromatic heterocycles. The minimum atomic E-state index is -0.683. The van der Waals surface area contributed by atoms with E-state index in [4.69, 9.17) is 16.3 Å². The van der Waals surface area contributed by atoms with Gasteiger partial charge >= 0.3 is 0 Å². The Hall–Kier alpha value is -0.640. The molecule has 0 amide bonds. The molecule has 2 unspecified atom stereocenters. The lowest BCUT2D eigenvalue weighted by Crippen LogP contribution is -2.27. The summed E-state index contributed by atoms with van der Waals surface area (Å²) in [5, 5.41) is 10.3. The highest BCUT2D eigenvalue weighted by Gasteiger charge is 2.25. The molecule has 1 aromatic carbocycles. The lowest BCUT2D eigenvalue weighted by atomic mass is 10.0. The SMILES string of the molecule is OC(Cc1c(F)cccc1Cl)C1CCCO1. The Bertz CT molecular complexity index is 344. The third-order valence-electron chi connectivity index (χ3n) is 2.87. The average Bonchev–Trinajstić information content (AvgIpc) is 2.76. The topological polar surface area (TPSA) is 29.5 Å². The van der Waals surface area contributed by atoms with Crippen molar-refractivity contribution in [2.75, 3.05) is 6.61 Å². The zero-order valence-electron chi connectivity index (χ0n) is 8.83. The summed E-state index contributed by atoms with van der Waals surface area (Å²) >= 11 is 5.89. The van der Waals surface area contributed by atoms with E-state index >= 15 is 0 Å². The van der Waals surface area contributed by atoms with E-state index < -0.39 is 6.10 Å². The number of rotatable bonds is 3. The number of ether oxygens (including phenoxy) is 1. The molecule has 1 heterocycles. The van der Waals surface area contributed by atoms with E-state index in [1.807, 2.05) is 0 Å². The summed E-state index contributed by atoms with van der Waals surface area (Å²) in [5.74, 6) is -0.371. The van der Waals surface area contributed by atoms with Gasteiger partial charge in [0.05, 0.1) is 12.2 Å². The number of hydrogen-bond donors (Lipinski definition) is 1. The van der Waals surface area contributed by atoms with Gasteiger partial charge in [0.1, 0.15) is 5.82 Å². The molecule has 1 N–H and O–H groups in total. The van der Waals surface area contributed by atoms with Crippen LogP contribution in [0.25, 0.3) is 0 Å². The summed E-state index contributed by atoms with van der Waals surface area (Å²) in [5.41, 5.74) is 0.368. The van der Waals surface area contributed by atoms with Gasteiger partial charge in [-0.15, -0.1) is 0 Å². The van der Waals surface area contributed by atoms with Crippen LogP contribution in [0.15, 0.2) is 18.2 Å². The van der Waals surface area contributed by atoms with Crippen molar-refractivity contribution >= 4 is 11.6 Å². The maximum atomic E-state index is 13.5. The average molecular weight is 245 g/mol. The van der Waals surface area contributed by atoms with Gasteiger partial charge in [-0.3, -0.25) is 0 Å². The highest BCUT2D eigenvalue weighted by atomic mass is 35.5. The second-order valence-corrected chi connectivity index (χ2v) is 4.43. The largest absolute Gasteiger partial charge is 0.390 e. The quantitative estimate of drug-likeness (QED) is 0.886. The Morgan fingerprint density at radius 1 is 1.56 bits per heavy atom. The third kappa shape index (κ3) is 2.54. The van der Waals surface area contributed by atoms with E-state index in [0.717, 1.165) is 12.8 Å². The fraction of sp³-hybridized carbons (Fsp3) is 0.500. The highest BCUT2D eigenvalue weighted by molar-refractivity contribution is 6.31. The van der Waals surface area contributed by atoms with Crippen LogP contribution >= 0.6 is 11.6 Å². The molecule has 0 spiro atoms. The van der Waals surface area contributed by atoms with Crippen LogP contribution in [0.2, 0.25) is 5.02 Å². The normalized spacial score (nSPS) is 22.3. The van der Waals surface area contributed by atoms with Crippen LogP contribution in [0.4, 0.5) is 4.39 Å². The van der Waals surface area contributed by atoms with Crippen LogP contribution < -0.4 is 0 Å². The number of aliphatic hydroxyl groups excluding tert-OH is 1. The third-order valence-corrected chi connectivity index (χ3v) is 3.22. The smallest absolute Gasteiger partial charge is 0.127 e. The maximum absolute atomic E-state index is 13.5. The molecule has 2 rings (SSSR count). The minimum absolute atomic E-state index is 0.185. The van der Waals surface area contributed by atoms with E-state index in [0.29, 0.717) is 17.2 Å². The molecule has 0 bridgehead atoms. The molecule has 1 aliphatic heterocycles. The van der Waals surface area contributed by atoms with Crippen molar-refractivity contribution in [3.05, 3.63) is 34.6 Å². The number of hydrogen-bond acceptors (Lipinski definition) is 2. The van der Waals surface area contributed by atoms with Crippen molar-refractivity contribution in [1.82, 2.24) is 0 Å². The number of aliphatic hydroxyl groups is 1. The first-order valence-corrected chi connectivity index (χ1v) is 5.79. The molecular formula is C12H14ClFO2. The Morgan fingerprint density at radius 3 is 3.00 bits per heavy atom. The minimum Gasteiger partial charge on any atom is -0.390 e. The van der Waals surface area contributed by atoms with E-state index in [1.165, 1.54) is 6.07 Å². The fourth-order valence-electron chi connectivity index (χ4n) is 1.97. The van der Waals surface area contributed by atoms with Crippen LogP contribution in [0.5, 0.6) is 0 Å². The zero-order chi connectivity index (χ0) is 11.5. The Labute approximate surface area is 99.0 Å². The summed E-state index contributed by atoms with van der Waals surface area (Å²) in [6.07, 6.45) is 1.11. The van der Waals surface area contributed by atoms with Crippen molar-refractivity contribution in [3.8, 4) is 0 Å². The molecule has 1 aromatic rings. The summed E-state index contributed by atoms with van der Waals surface area (Å²) in [4.78, 5) is 0. The Morgan fingerprint density at radius 2 is 2.38 bits per heavy atom. The van der Waals surface area contributed by atoms with E-state index in [2.05, 4.69) is 0 Å². The summed E-state index contributed by atoms with van der Waals surface area (Å²) in [6.45, 7) is 0.673. The lowest BCUT2D eigenvalue weighted by Gasteiger charge is -2.18. The predicted molar refractivity (Wildman–Crippen MR) is 60.1 cm³/mol. The standard InChI is InChI=1S/C12H14ClFO2/c13-9-3-1-4-10(14)8(9)7-11(15)12-5-2-6-16-12/h1,3-4,11-12,15H,2,5-7H2. The number of halogens is 2. The molecule has 2 nitrogen and oxygen atoms in total. The van der Waals surface area contributed by atoms with Gasteiger partial charge < -0.3 is 9.84 Å². The van der Waals surface area contributed by atoms with Gasteiger partial charge in [-0.25, -0.2) is 4.39 Å². The van der Waals surface area contributed by atoms with Gasteiger partial charge in [0.15, 0.2) is 0 Å². The van der Waals surface area contributed by atoms with E-state index in [-0.39, 0.29) is 18.3 Å². The van der Waals surface area contributed by atoms with Crippen molar-refractivity contribution in [2.24, 2.45) is 0 Å². The van der Waals surface area contributed by atoms with Gasteiger partial charge in [0, 0.05) is 23.6 Å². The molecular weight excluding hydrogens is 231 g/mol. The zero-order valence-corrected chi connectivity index (χ0v) is 9.58. The first-order chi connectivity index (χ1) is 7.68. The van der Waals surface area contributed by atoms with Crippen LogP contribution in [-0.2, 0) is 11.2 Å². The van der Waals surface area contributed by atoms with Gasteiger partial charge in [0.2, 0.25) is 0 Å². The second kappa shape index (κ2) is 5.13. The second-order valence-electron chi connectivity index (χ2n) is 4.02. The maximum Gasteiger partial charge on any atom is 0.127 e. The number of benzene rings is 1. The molecule has 1 fully saturated rings. The molecule has 0 radical (unpaired) electrons. The van der Waals surface area contributed by atoms with Crippen LogP contribution in [0.3, 0.4) is 0 Å². The highest BCUT2D eigenvalue weighted by Crippen LogP contribution is 2.24. The van der Waals surface area contributed by atoms with Gasteiger partial charge in [-0.2, -0.15) is 0 Å². The lowest BCUT2D eigenvalue weighted by molar-refractivity contribution is -0.00111. The van der Waals surface area contributed by atoms with Crippen molar-refractivity contribution in [3.63, 3.8) is 0 Å². The van der Waals surface area contributed by atoms with E-state index in [1.54, 1.807) is 12.1 Å². The summed E-state index contributed by atoms with van der Waals surface area (Å²) < 4.78 is 18.8. The predicted octanol–water partition coefficient (Wildman–Crippen LogP) is 2.56. The van der Waals surface area contributed by atoms with Gasteiger partial charge in [-0.1, -0.05) is 17.7 Å². The summed E-state index contributed by atoms with van der Waals surface area (Å²) in [6, 6.07) is 4.53. The summed E-state index contributed by atoms with van der Waals surface area (Å²) in [7, 11) is 0. The van der Waals surface area contributed by atoms with Crippen LogP contribution in [0, 0.1) is 5.82 Å². The molecule has 88 valence electrons. The first kappa shape index (κ1) is 11.8. The van der Waals surface area contributed by atoms with Crippen LogP contribution in [-0.4, -0.2) is 23.9 Å². The molecule has 0 aliphatic carbocycles. The van der Waals surface area contributed by atoms with Crippen molar-refractivity contribution in [2.45, 2.75) is 31.5 Å². The molecule has 16 heavy (non-hydrogen) atoms.